The molecule has 1 aliphatic rings. The van der Waals surface area contributed by atoms with Gasteiger partial charge in [0.2, 0.25) is 0 Å². The number of nitrogens with zero attached hydrogens (tertiary/aromatic N) is 2. The zero-order valence-electron chi connectivity index (χ0n) is 13.3. The maximum absolute atomic E-state index is 10.5. The molecule has 1 heterocycles. The highest BCUT2D eigenvalue weighted by atomic mass is 16.5. The lowest BCUT2D eigenvalue weighted by atomic mass is 10.1. The molecule has 1 aromatic carbocycles. The summed E-state index contributed by atoms with van der Waals surface area (Å²) in [7, 11) is 3.83. The number of aliphatic carboxylic acids is 1. The second kappa shape index (κ2) is 8.00. The number of hydrogen-bond donors (Lipinski definition) is 2. The van der Waals surface area contributed by atoms with Crippen molar-refractivity contribution in [1.82, 2.24) is 10.2 Å². The van der Waals surface area contributed by atoms with Crippen LogP contribution in [0.4, 0.5) is 5.69 Å². The van der Waals surface area contributed by atoms with E-state index < -0.39 is 5.97 Å². The molecular formula is C16H25N3O3. The number of carboxylic acid groups (broad SMARTS) is 1. The van der Waals surface area contributed by atoms with Crippen molar-refractivity contribution in [2.45, 2.75) is 13.0 Å². The van der Waals surface area contributed by atoms with Crippen LogP contribution in [0.2, 0.25) is 0 Å². The van der Waals surface area contributed by atoms with Crippen LogP contribution in [0.5, 0.6) is 5.75 Å². The normalized spacial score (nSPS) is 15.8. The Morgan fingerprint density at radius 2 is 2.05 bits per heavy atom. The number of likely N-dealkylation sites (N-methyl/N-ethyl adjacent to an activating group) is 1. The van der Waals surface area contributed by atoms with Gasteiger partial charge in [-0.15, -0.1) is 0 Å². The summed E-state index contributed by atoms with van der Waals surface area (Å²) >= 11 is 0. The van der Waals surface area contributed by atoms with Crippen molar-refractivity contribution < 1.29 is 14.6 Å². The van der Waals surface area contributed by atoms with Crippen molar-refractivity contribution in [1.29, 1.82) is 0 Å². The lowest BCUT2D eigenvalue weighted by molar-refractivity contribution is -0.136. The maximum atomic E-state index is 10.5. The Morgan fingerprint density at radius 1 is 1.32 bits per heavy atom. The van der Waals surface area contributed by atoms with Gasteiger partial charge in [-0.1, -0.05) is 6.07 Å². The molecule has 6 nitrogen and oxygen atoms in total. The van der Waals surface area contributed by atoms with E-state index in [4.69, 9.17) is 9.84 Å². The van der Waals surface area contributed by atoms with Gasteiger partial charge in [-0.3, -0.25) is 4.79 Å². The summed E-state index contributed by atoms with van der Waals surface area (Å²) in [5.74, 6) is 0.0950. The molecule has 6 heteroatoms. The van der Waals surface area contributed by atoms with Crippen LogP contribution < -0.4 is 15.0 Å². The molecule has 0 spiro atoms. The molecule has 0 bridgehead atoms. The van der Waals surface area contributed by atoms with Crippen LogP contribution in [0.3, 0.4) is 0 Å². The molecule has 2 N–H and O–H groups in total. The lowest BCUT2D eigenvalue weighted by Crippen LogP contribution is -2.44. The van der Waals surface area contributed by atoms with Crippen molar-refractivity contribution in [3.05, 3.63) is 23.8 Å². The molecule has 0 amide bonds. The van der Waals surface area contributed by atoms with E-state index in [-0.39, 0.29) is 6.42 Å². The predicted octanol–water partition coefficient (Wildman–Crippen LogP) is 1.01. The number of ether oxygens (including phenoxy) is 1. The van der Waals surface area contributed by atoms with E-state index in [1.165, 1.54) is 0 Å². The van der Waals surface area contributed by atoms with E-state index in [0.717, 1.165) is 43.2 Å². The fourth-order valence-corrected chi connectivity index (χ4v) is 2.57. The average Bonchev–Trinajstić information content (AvgIpc) is 2.52. The third-order valence-electron chi connectivity index (χ3n) is 3.93. The summed E-state index contributed by atoms with van der Waals surface area (Å²) in [6, 6.07) is 6.20. The molecule has 1 aliphatic heterocycles. The topological polar surface area (TPSA) is 65.0 Å². The maximum Gasteiger partial charge on any atom is 0.304 e. The summed E-state index contributed by atoms with van der Waals surface area (Å²) in [4.78, 5) is 15.2. The summed E-state index contributed by atoms with van der Waals surface area (Å²) < 4.78 is 5.53. The fraction of sp³-hybridized carbons (Fsp3) is 0.562. The standard InChI is InChI=1S/C16H25N3O3/c1-18-7-9-19(10-8-18)14-4-3-13(11-15(14)22-2)12-17-6-5-16(20)21/h3-4,11,17H,5-10,12H2,1-2H3,(H,20,21). The van der Waals surface area contributed by atoms with Gasteiger partial charge in [-0.05, 0) is 24.7 Å². The van der Waals surface area contributed by atoms with Crippen molar-refractivity contribution in [2.75, 3.05) is 51.8 Å². The molecule has 0 unspecified atom stereocenters. The van der Waals surface area contributed by atoms with Crippen LogP contribution in [-0.4, -0.2) is 62.9 Å². The SMILES string of the molecule is COc1cc(CNCCC(=O)O)ccc1N1CCN(C)CC1. The zero-order valence-corrected chi connectivity index (χ0v) is 13.3. The van der Waals surface area contributed by atoms with Crippen LogP contribution in [0, 0.1) is 0 Å². The van der Waals surface area contributed by atoms with E-state index in [0.29, 0.717) is 13.1 Å². The van der Waals surface area contributed by atoms with Crippen LogP contribution in [0.15, 0.2) is 18.2 Å². The molecule has 0 radical (unpaired) electrons. The number of carboxylic acids is 1. The Kier molecular flexibility index (Phi) is 6.03. The predicted molar refractivity (Wildman–Crippen MR) is 86.7 cm³/mol. The van der Waals surface area contributed by atoms with Crippen LogP contribution >= 0.6 is 0 Å². The van der Waals surface area contributed by atoms with Crippen LogP contribution in [0.25, 0.3) is 0 Å². The number of anilines is 1. The average molecular weight is 307 g/mol. The Labute approximate surface area is 131 Å². The first-order chi connectivity index (χ1) is 10.6. The molecule has 0 aliphatic carbocycles. The smallest absolute Gasteiger partial charge is 0.304 e. The quantitative estimate of drug-likeness (QED) is 0.733. The fourth-order valence-electron chi connectivity index (χ4n) is 2.57. The molecule has 22 heavy (non-hydrogen) atoms. The third-order valence-corrected chi connectivity index (χ3v) is 3.93. The molecule has 1 saturated heterocycles. The van der Waals surface area contributed by atoms with Gasteiger partial charge in [0, 0.05) is 39.3 Å². The number of carbonyl (C=O) groups is 1. The van der Waals surface area contributed by atoms with Gasteiger partial charge in [0.25, 0.3) is 0 Å². The van der Waals surface area contributed by atoms with Gasteiger partial charge in [0.1, 0.15) is 5.75 Å². The van der Waals surface area contributed by atoms with Gasteiger partial charge < -0.3 is 25.0 Å². The van der Waals surface area contributed by atoms with E-state index in [1.807, 2.05) is 6.07 Å². The highest BCUT2D eigenvalue weighted by Crippen LogP contribution is 2.30. The first-order valence-corrected chi connectivity index (χ1v) is 7.63. The van der Waals surface area contributed by atoms with Crippen LogP contribution in [-0.2, 0) is 11.3 Å². The van der Waals surface area contributed by atoms with E-state index >= 15 is 0 Å². The number of piperazine rings is 1. The van der Waals surface area contributed by atoms with Crippen molar-refractivity contribution >= 4 is 11.7 Å². The summed E-state index contributed by atoms with van der Waals surface area (Å²) in [6.07, 6.45) is 0.135. The summed E-state index contributed by atoms with van der Waals surface area (Å²) in [5, 5.41) is 11.8. The van der Waals surface area contributed by atoms with Gasteiger partial charge >= 0.3 is 5.97 Å². The number of rotatable bonds is 7. The number of benzene rings is 1. The minimum atomic E-state index is -0.782. The first-order valence-electron chi connectivity index (χ1n) is 7.63. The molecule has 0 atom stereocenters. The highest BCUT2D eigenvalue weighted by molar-refractivity contribution is 5.66. The van der Waals surface area contributed by atoms with Crippen molar-refractivity contribution in [3.63, 3.8) is 0 Å². The number of nitrogens with one attached hydrogen (secondary N) is 1. The molecule has 1 fully saturated rings. The highest BCUT2D eigenvalue weighted by Gasteiger charge is 2.17. The Balaban J connectivity index is 1.96. The number of methoxy groups -OCH3 is 1. The van der Waals surface area contributed by atoms with Gasteiger partial charge in [-0.2, -0.15) is 0 Å². The van der Waals surface area contributed by atoms with Gasteiger partial charge in [-0.25, -0.2) is 0 Å². The molecule has 1 aromatic rings. The second-order valence-corrected chi connectivity index (χ2v) is 5.62. The molecular weight excluding hydrogens is 282 g/mol. The molecule has 122 valence electrons. The minimum absolute atomic E-state index is 0.135. The Hall–Kier alpha value is -1.79. The van der Waals surface area contributed by atoms with E-state index in [2.05, 4.69) is 34.3 Å². The second-order valence-electron chi connectivity index (χ2n) is 5.62. The van der Waals surface area contributed by atoms with Crippen LogP contribution in [0.1, 0.15) is 12.0 Å². The lowest BCUT2D eigenvalue weighted by Gasteiger charge is -2.34. The zero-order chi connectivity index (χ0) is 15.9. The van der Waals surface area contributed by atoms with Crippen molar-refractivity contribution in [3.8, 4) is 5.75 Å². The monoisotopic (exact) mass is 307 g/mol. The van der Waals surface area contributed by atoms with E-state index in [9.17, 15) is 4.79 Å². The summed E-state index contributed by atoms with van der Waals surface area (Å²) in [5.41, 5.74) is 2.23. The van der Waals surface area contributed by atoms with Gasteiger partial charge in [0.05, 0.1) is 19.2 Å². The third kappa shape index (κ3) is 4.61. The Morgan fingerprint density at radius 3 is 2.68 bits per heavy atom. The van der Waals surface area contributed by atoms with Crippen molar-refractivity contribution in [2.24, 2.45) is 0 Å². The summed E-state index contributed by atoms with van der Waals surface area (Å²) in [6.45, 7) is 5.24. The largest absolute Gasteiger partial charge is 0.495 e. The first kappa shape index (κ1) is 16.6. The molecule has 2 rings (SSSR count). The molecule has 0 saturated carbocycles. The molecule has 0 aromatic heterocycles. The van der Waals surface area contributed by atoms with Gasteiger partial charge in [0.15, 0.2) is 0 Å². The minimum Gasteiger partial charge on any atom is -0.495 e. The van der Waals surface area contributed by atoms with E-state index in [1.54, 1.807) is 7.11 Å². The number of hydrogen-bond acceptors (Lipinski definition) is 5. The Bertz CT molecular complexity index is 499.